The second-order valence-corrected chi connectivity index (χ2v) is 5.76. The predicted molar refractivity (Wildman–Crippen MR) is 53.5 cm³/mol. The number of ketones is 1. The van der Waals surface area contributed by atoms with E-state index in [0.29, 0.717) is 17.0 Å². The Morgan fingerprint density at radius 1 is 1.45 bits per heavy atom. The summed E-state index contributed by atoms with van der Waals surface area (Å²) in [6.07, 6.45) is 1.67. The first-order valence-corrected chi connectivity index (χ1v) is 5.61. The fourth-order valence-corrected chi connectivity index (χ4v) is 2.75. The molecule has 0 radical (unpaired) electrons. The van der Waals surface area contributed by atoms with Gasteiger partial charge in [-0.15, -0.1) is 0 Å². The lowest BCUT2D eigenvalue weighted by atomic mass is 9.76. The average Bonchev–Trinajstić information content (AvgIpc) is 1.95. The Kier molecular flexibility index (Phi) is 2.80. The van der Waals surface area contributed by atoms with E-state index in [0.717, 1.165) is 6.42 Å². The number of carbonyl (C=O) groups is 1. The van der Waals surface area contributed by atoms with Crippen LogP contribution in [-0.2, 0) is 4.79 Å². The van der Waals surface area contributed by atoms with Gasteiger partial charge in [0.1, 0.15) is 5.78 Å². The third-order valence-electron chi connectivity index (χ3n) is 2.37. The Bertz CT molecular complexity index is 177. The van der Waals surface area contributed by atoms with Crippen LogP contribution in [0.3, 0.4) is 0 Å². The van der Waals surface area contributed by atoms with Gasteiger partial charge >= 0.3 is 0 Å². The molecule has 0 unspecified atom stereocenters. The van der Waals surface area contributed by atoms with Gasteiger partial charge in [0.15, 0.2) is 0 Å². The molecule has 1 nitrogen and oxygen atoms in total. The van der Waals surface area contributed by atoms with Gasteiger partial charge in [-0.05, 0) is 6.42 Å². The van der Waals surface area contributed by atoms with E-state index in [4.69, 9.17) is 0 Å². The molecule has 0 saturated heterocycles. The van der Waals surface area contributed by atoms with Gasteiger partial charge in [-0.1, -0.05) is 45.7 Å². The normalized spacial score (nSPS) is 37.3. The van der Waals surface area contributed by atoms with Gasteiger partial charge in [-0.25, -0.2) is 0 Å². The Labute approximate surface area is 84.2 Å². The minimum Gasteiger partial charge on any atom is -0.299 e. The summed E-state index contributed by atoms with van der Waals surface area (Å²) in [7, 11) is 0. The zero-order valence-corrected chi connectivity index (χ0v) is 9.91. The average molecular weight is 284 g/mol. The molecule has 64 valence electrons. The smallest absolute Gasteiger partial charge is 0.139 e. The van der Waals surface area contributed by atoms with E-state index >= 15 is 0 Å². The Hall–Kier alpha value is 0.630. The van der Waals surface area contributed by atoms with Crippen molar-refractivity contribution < 1.29 is 4.79 Å². The van der Waals surface area contributed by atoms with Gasteiger partial charge in [0.05, 0.1) is 0 Å². The lowest BCUT2D eigenvalue weighted by Gasteiger charge is -2.36. The molecule has 0 amide bonds. The van der Waals surface area contributed by atoms with E-state index < -0.39 is 0 Å². The summed E-state index contributed by atoms with van der Waals surface area (Å²) in [6, 6.07) is 0. The molecule has 1 fully saturated rings. The second-order valence-electron chi connectivity index (χ2n) is 3.60. The van der Waals surface area contributed by atoms with Gasteiger partial charge in [0.25, 0.3) is 0 Å². The van der Waals surface area contributed by atoms with Crippen molar-refractivity contribution in [3.63, 3.8) is 0 Å². The quantitative estimate of drug-likeness (QED) is 0.625. The Morgan fingerprint density at radius 3 is 2.45 bits per heavy atom. The van der Waals surface area contributed by atoms with Crippen molar-refractivity contribution >= 4 is 37.6 Å². The molecule has 0 heterocycles. The molecule has 1 rings (SSSR count). The minimum absolute atomic E-state index is 0.202. The molecular weight excluding hydrogens is 272 g/mol. The number of hydrogen-bond acceptors (Lipinski definition) is 1. The molecule has 1 aliphatic carbocycles. The molecule has 2 atom stereocenters. The summed E-state index contributed by atoms with van der Waals surface area (Å²) in [6.45, 7) is 4.00. The topological polar surface area (TPSA) is 17.1 Å². The summed E-state index contributed by atoms with van der Waals surface area (Å²) in [5.41, 5.74) is -0.202. The number of carbonyl (C=O) groups excluding carboxylic acids is 1. The van der Waals surface area contributed by atoms with Crippen LogP contribution in [0, 0.1) is 5.41 Å². The maximum atomic E-state index is 11.4. The molecule has 0 spiro atoms. The van der Waals surface area contributed by atoms with E-state index in [9.17, 15) is 4.79 Å². The number of hydrogen-bond donors (Lipinski definition) is 0. The van der Waals surface area contributed by atoms with Crippen LogP contribution in [-0.4, -0.2) is 15.4 Å². The molecule has 0 bridgehead atoms. The van der Waals surface area contributed by atoms with E-state index in [2.05, 4.69) is 31.9 Å². The largest absolute Gasteiger partial charge is 0.299 e. The molecular formula is C8H12Br2O. The summed E-state index contributed by atoms with van der Waals surface area (Å²) >= 11 is 7.11. The van der Waals surface area contributed by atoms with Crippen LogP contribution >= 0.6 is 31.9 Å². The first-order valence-electron chi connectivity index (χ1n) is 3.77. The van der Waals surface area contributed by atoms with E-state index in [1.165, 1.54) is 0 Å². The molecule has 3 heteroatoms. The number of Topliss-reactive ketones (excluding diaryl/α,β-unsaturated/α-hetero) is 1. The van der Waals surface area contributed by atoms with Crippen molar-refractivity contribution in [2.45, 2.75) is 36.3 Å². The predicted octanol–water partition coefficient (Wildman–Crippen LogP) is 2.90. The first kappa shape index (κ1) is 9.72. The van der Waals surface area contributed by atoms with E-state index in [1.807, 2.05) is 13.8 Å². The van der Waals surface area contributed by atoms with Crippen LogP contribution in [0.1, 0.15) is 26.7 Å². The summed E-state index contributed by atoms with van der Waals surface area (Å²) in [4.78, 5) is 12.1. The molecule has 0 aromatic heterocycles. The van der Waals surface area contributed by atoms with Gasteiger partial charge in [-0.3, -0.25) is 4.79 Å². The lowest BCUT2D eigenvalue weighted by molar-refractivity contribution is -0.128. The molecule has 0 N–H and O–H groups in total. The highest BCUT2D eigenvalue weighted by Crippen LogP contribution is 2.40. The van der Waals surface area contributed by atoms with Crippen molar-refractivity contribution in [2.24, 2.45) is 5.41 Å². The van der Waals surface area contributed by atoms with Crippen LogP contribution in [0.15, 0.2) is 0 Å². The number of alkyl halides is 2. The van der Waals surface area contributed by atoms with Gasteiger partial charge in [0.2, 0.25) is 0 Å². The molecule has 11 heavy (non-hydrogen) atoms. The zero-order valence-electron chi connectivity index (χ0n) is 6.73. The minimum atomic E-state index is -0.202. The summed E-state index contributed by atoms with van der Waals surface area (Å²) in [5.74, 6) is 0.370. The van der Waals surface area contributed by atoms with Crippen LogP contribution in [0.2, 0.25) is 0 Å². The van der Waals surface area contributed by atoms with Crippen molar-refractivity contribution in [2.75, 3.05) is 0 Å². The lowest BCUT2D eigenvalue weighted by Crippen LogP contribution is -2.43. The van der Waals surface area contributed by atoms with Gasteiger partial charge in [0, 0.05) is 21.5 Å². The molecule has 0 aromatic rings. The van der Waals surface area contributed by atoms with E-state index in [-0.39, 0.29) is 10.2 Å². The SMILES string of the molecule is CC1(C)C(=O)CC[C@@H](Br)[C@@H]1Br. The zero-order chi connectivity index (χ0) is 8.65. The highest BCUT2D eigenvalue weighted by molar-refractivity contribution is 9.12. The van der Waals surface area contributed by atoms with Crippen molar-refractivity contribution in [1.29, 1.82) is 0 Å². The third-order valence-corrected chi connectivity index (χ3v) is 5.85. The fraction of sp³-hybridized carbons (Fsp3) is 0.875. The highest BCUT2D eigenvalue weighted by Gasteiger charge is 2.42. The van der Waals surface area contributed by atoms with Gasteiger partial charge in [-0.2, -0.15) is 0 Å². The molecule has 1 aliphatic rings. The van der Waals surface area contributed by atoms with Crippen LogP contribution in [0.4, 0.5) is 0 Å². The van der Waals surface area contributed by atoms with E-state index in [1.54, 1.807) is 0 Å². The first-order chi connectivity index (χ1) is 4.96. The summed E-state index contributed by atoms with van der Waals surface area (Å²) in [5, 5.41) is 0. The van der Waals surface area contributed by atoms with Crippen LogP contribution in [0.5, 0.6) is 0 Å². The van der Waals surface area contributed by atoms with Crippen molar-refractivity contribution in [3.05, 3.63) is 0 Å². The summed E-state index contributed by atoms with van der Waals surface area (Å²) < 4.78 is 0. The Balaban J connectivity index is 2.80. The number of halogens is 2. The molecule has 0 aromatic carbocycles. The monoisotopic (exact) mass is 282 g/mol. The Morgan fingerprint density at radius 2 is 2.00 bits per heavy atom. The van der Waals surface area contributed by atoms with Crippen LogP contribution < -0.4 is 0 Å². The van der Waals surface area contributed by atoms with Crippen molar-refractivity contribution in [3.8, 4) is 0 Å². The standard InChI is InChI=1S/C8H12Br2O/c1-8(2)6(11)4-3-5(9)7(8)10/h5,7H,3-4H2,1-2H3/t5-,7+/m1/s1. The third kappa shape index (κ3) is 1.69. The molecule has 0 aliphatic heterocycles. The number of rotatable bonds is 0. The maximum Gasteiger partial charge on any atom is 0.139 e. The second kappa shape index (κ2) is 3.17. The van der Waals surface area contributed by atoms with Gasteiger partial charge < -0.3 is 0 Å². The van der Waals surface area contributed by atoms with Crippen LogP contribution in [0.25, 0.3) is 0 Å². The fourth-order valence-electron chi connectivity index (χ4n) is 1.34. The maximum absolute atomic E-state index is 11.4. The molecule has 1 saturated carbocycles. The highest BCUT2D eigenvalue weighted by atomic mass is 79.9. The van der Waals surface area contributed by atoms with Crippen molar-refractivity contribution in [1.82, 2.24) is 0 Å².